The molecule has 0 fully saturated rings. The van der Waals surface area contributed by atoms with Crippen LogP contribution in [0.1, 0.15) is 26.7 Å². The monoisotopic (exact) mass is 263 g/mol. The maximum absolute atomic E-state index is 3.28. The van der Waals surface area contributed by atoms with Crippen LogP contribution in [0.5, 0.6) is 0 Å². The van der Waals surface area contributed by atoms with Crippen molar-refractivity contribution in [3.05, 3.63) is 23.3 Å². The zero-order valence-corrected chi connectivity index (χ0v) is 10.7. The number of allylic oxidation sites excluding steroid dienone is 4. The maximum atomic E-state index is 3.28. The van der Waals surface area contributed by atoms with Gasteiger partial charge in [-0.05, 0) is 0 Å². The molecule has 1 radical (unpaired) electrons. The Morgan fingerprint density at radius 1 is 1.33 bits per heavy atom. The first-order valence-corrected chi connectivity index (χ1v) is 3.11. The standard InChI is InChI=1S/C8H11.3ClH.V/c1-3-8-5-4-7(2)6-8;;;;/h5H,3-4H2,1-2H3;3*1H;/q-1;;;;+4/p-3. The summed E-state index contributed by atoms with van der Waals surface area (Å²) in [5.74, 6) is 0. The van der Waals surface area contributed by atoms with E-state index in [2.05, 4.69) is 26.0 Å². The second-order valence-electron chi connectivity index (χ2n) is 2.19. The summed E-state index contributed by atoms with van der Waals surface area (Å²) in [4.78, 5) is 0. The van der Waals surface area contributed by atoms with E-state index in [0.717, 1.165) is 12.8 Å². The van der Waals surface area contributed by atoms with Crippen LogP contribution in [0.15, 0.2) is 17.2 Å². The zero-order valence-electron chi connectivity index (χ0n) is 7.07. The van der Waals surface area contributed by atoms with E-state index in [1.807, 2.05) is 0 Å². The number of rotatable bonds is 1. The van der Waals surface area contributed by atoms with Gasteiger partial charge in [-0.3, -0.25) is 0 Å². The van der Waals surface area contributed by atoms with E-state index >= 15 is 0 Å². The molecule has 0 N–H and O–H groups in total. The van der Waals surface area contributed by atoms with Crippen molar-refractivity contribution in [2.24, 2.45) is 0 Å². The summed E-state index contributed by atoms with van der Waals surface area (Å²) in [5, 5.41) is 0. The number of halogens is 3. The number of hydrogen-bond donors (Lipinski definition) is 0. The van der Waals surface area contributed by atoms with Crippen molar-refractivity contribution in [2.75, 3.05) is 0 Å². The molecule has 69 valence electrons. The summed E-state index contributed by atoms with van der Waals surface area (Å²) >= 11 is 0. The fraction of sp³-hybridized carbons (Fsp3) is 0.500. The SMILES string of the molecule is CCC1=CCC(C)=[C-]1.[Cl-].[Cl-].[Cl-].[V+4]. The Kier molecular flexibility index (Phi) is 23.0. The molecular weight excluding hydrogens is 253 g/mol. The van der Waals surface area contributed by atoms with Gasteiger partial charge in [-0.1, -0.05) is 26.7 Å². The Balaban J connectivity index is -0.0000000800. The Labute approximate surface area is 105 Å². The molecule has 1 aliphatic carbocycles. The van der Waals surface area contributed by atoms with E-state index < -0.39 is 0 Å². The van der Waals surface area contributed by atoms with Crippen LogP contribution in [0.25, 0.3) is 0 Å². The van der Waals surface area contributed by atoms with Gasteiger partial charge in [-0.25, -0.2) is 17.7 Å². The zero-order chi connectivity index (χ0) is 5.98. The van der Waals surface area contributed by atoms with Crippen LogP contribution in [0, 0.1) is 6.08 Å². The van der Waals surface area contributed by atoms with Gasteiger partial charge in [-0.15, -0.1) is 0 Å². The fourth-order valence-electron chi connectivity index (χ4n) is 0.885. The van der Waals surface area contributed by atoms with Crippen molar-refractivity contribution in [1.29, 1.82) is 0 Å². The van der Waals surface area contributed by atoms with Gasteiger partial charge in [0.2, 0.25) is 0 Å². The third-order valence-electron chi connectivity index (χ3n) is 1.41. The first-order valence-electron chi connectivity index (χ1n) is 3.11. The molecular formula is C8H11Cl3V. The second-order valence-corrected chi connectivity index (χ2v) is 2.19. The van der Waals surface area contributed by atoms with Gasteiger partial charge in [0.15, 0.2) is 0 Å². The average molecular weight is 264 g/mol. The van der Waals surface area contributed by atoms with Crippen molar-refractivity contribution in [1.82, 2.24) is 0 Å². The quantitative estimate of drug-likeness (QED) is 0.413. The van der Waals surface area contributed by atoms with Gasteiger partial charge in [0.1, 0.15) is 0 Å². The second kappa shape index (κ2) is 11.9. The molecule has 0 atom stereocenters. The van der Waals surface area contributed by atoms with E-state index in [1.165, 1.54) is 11.1 Å². The van der Waals surface area contributed by atoms with Crippen molar-refractivity contribution in [3.63, 3.8) is 0 Å². The molecule has 0 amide bonds. The molecule has 0 aromatic heterocycles. The summed E-state index contributed by atoms with van der Waals surface area (Å²) < 4.78 is 0. The Morgan fingerprint density at radius 2 is 1.83 bits per heavy atom. The third-order valence-corrected chi connectivity index (χ3v) is 1.41. The minimum atomic E-state index is 0. The van der Waals surface area contributed by atoms with E-state index in [1.54, 1.807) is 0 Å². The summed E-state index contributed by atoms with van der Waals surface area (Å²) in [7, 11) is 0. The molecule has 1 rings (SSSR count). The molecule has 0 spiro atoms. The van der Waals surface area contributed by atoms with Crippen molar-refractivity contribution in [2.45, 2.75) is 26.7 Å². The molecule has 12 heavy (non-hydrogen) atoms. The first-order chi connectivity index (χ1) is 3.83. The normalized spacial score (nSPS) is 12.2. The van der Waals surface area contributed by atoms with Crippen LogP contribution in [-0.2, 0) is 18.6 Å². The van der Waals surface area contributed by atoms with Crippen molar-refractivity contribution >= 4 is 0 Å². The van der Waals surface area contributed by atoms with E-state index in [0.29, 0.717) is 0 Å². The Hall–Kier alpha value is 0.934. The van der Waals surface area contributed by atoms with Gasteiger partial charge in [0, 0.05) is 0 Å². The van der Waals surface area contributed by atoms with Crippen LogP contribution in [0.3, 0.4) is 0 Å². The predicted octanol–water partition coefficient (Wildman–Crippen LogP) is -6.51. The van der Waals surface area contributed by atoms with Crippen LogP contribution >= 0.6 is 0 Å². The first kappa shape index (κ1) is 23.1. The molecule has 0 heterocycles. The molecule has 0 saturated carbocycles. The van der Waals surface area contributed by atoms with Crippen molar-refractivity contribution < 1.29 is 55.8 Å². The summed E-state index contributed by atoms with van der Waals surface area (Å²) in [6.07, 6.45) is 7.79. The van der Waals surface area contributed by atoms with Gasteiger partial charge in [0.25, 0.3) is 0 Å². The molecule has 1 aliphatic rings. The Morgan fingerprint density at radius 3 is 2.00 bits per heavy atom. The van der Waals surface area contributed by atoms with Crippen LogP contribution in [0.2, 0.25) is 0 Å². The summed E-state index contributed by atoms with van der Waals surface area (Å²) in [5.41, 5.74) is 2.75. The Bertz CT molecular complexity index is 152. The summed E-state index contributed by atoms with van der Waals surface area (Å²) in [6, 6.07) is 0. The number of hydrogen-bond acceptors (Lipinski definition) is 0. The minimum Gasteiger partial charge on any atom is -1.00 e. The predicted molar refractivity (Wildman–Crippen MR) is 35.4 cm³/mol. The van der Waals surface area contributed by atoms with Crippen molar-refractivity contribution in [3.8, 4) is 0 Å². The smallest absolute Gasteiger partial charge is 1.00 e. The molecule has 0 bridgehead atoms. The van der Waals surface area contributed by atoms with E-state index in [-0.39, 0.29) is 55.8 Å². The average Bonchev–Trinajstić information content (AvgIpc) is 2.14. The van der Waals surface area contributed by atoms with E-state index in [4.69, 9.17) is 0 Å². The maximum Gasteiger partial charge on any atom is 4.00 e. The van der Waals surface area contributed by atoms with Gasteiger partial charge < -0.3 is 37.2 Å². The molecule has 0 aromatic rings. The van der Waals surface area contributed by atoms with Gasteiger partial charge in [0.05, 0.1) is 0 Å². The van der Waals surface area contributed by atoms with Crippen LogP contribution < -0.4 is 37.2 Å². The van der Waals surface area contributed by atoms with Gasteiger partial charge in [-0.2, -0.15) is 5.57 Å². The fourth-order valence-corrected chi connectivity index (χ4v) is 0.885. The molecule has 0 aromatic carbocycles. The van der Waals surface area contributed by atoms with Crippen LogP contribution in [-0.4, -0.2) is 0 Å². The largest absolute Gasteiger partial charge is 4.00 e. The molecule has 0 aliphatic heterocycles. The minimum absolute atomic E-state index is 0. The van der Waals surface area contributed by atoms with Gasteiger partial charge >= 0.3 is 18.6 Å². The summed E-state index contributed by atoms with van der Waals surface area (Å²) in [6.45, 7) is 4.29. The molecule has 0 unspecified atom stereocenters. The molecule has 0 saturated heterocycles. The third kappa shape index (κ3) is 7.58. The van der Waals surface area contributed by atoms with E-state index in [9.17, 15) is 0 Å². The van der Waals surface area contributed by atoms with Crippen LogP contribution in [0.4, 0.5) is 0 Å². The topological polar surface area (TPSA) is 0 Å². The molecule has 4 heteroatoms. The molecule has 0 nitrogen and oxygen atoms in total.